The fourth-order valence-corrected chi connectivity index (χ4v) is 1.63. The largest absolute Gasteiger partial charge is 0.497 e. The van der Waals surface area contributed by atoms with Crippen LogP contribution < -0.4 is 10.5 Å². The molecule has 102 valence electrons. The topological polar surface area (TPSA) is 55.5 Å². The van der Waals surface area contributed by atoms with Crippen molar-refractivity contribution in [2.75, 3.05) is 7.11 Å². The standard InChI is InChI=1S/C14H22FNO2/c1-14(2,3)13(16)8-12(17)10-7-9(18-4)5-6-11(10)15/h5-7,12-13,17H,8,16H2,1-4H3/t12-,13-/m0/s1. The Kier molecular flexibility index (Phi) is 4.71. The van der Waals surface area contributed by atoms with Crippen LogP contribution in [0.2, 0.25) is 0 Å². The van der Waals surface area contributed by atoms with Gasteiger partial charge in [-0.2, -0.15) is 0 Å². The molecule has 0 unspecified atom stereocenters. The second-order valence-corrected chi connectivity index (χ2v) is 5.61. The molecule has 3 N–H and O–H groups in total. The van der Waals surface area contributed by atoms with Crippen LogP contribution in [-0.4, -0.2) is 18.3 Å². The highest BCUT2D eigenvalue weighted by Gasteiger charge is 2.25. The molecule has 0 heterocycles. The average molecular weight is 255 g/mol. The number of aliphatic hydroxyl groups is 1. The Bertz CT molecular complexity index is 401. The van der Waals surface area contributed by atoms with Crippen molar-refractivity contribution in [1.82, 2.24) is 0 Å². The van der Waals surface area contributed by atoms with Crippen molar-refractivity contribution in [1.29, 1.82) is 0 Å². The lowest BCUT2D eigenvalue weighted by Crippen LogP contribution is -2.36. The second-order valence-electron chi connectivity index (χ2n) is 5.61. The first-order valence-electron chi connectivity index (χ1n) is 6.02. The van der Waals surface area contributed by atoms with Crippen molar-refractivity contribution < 1.29 is 14.2 Å². The van der Waals surface area contributed by atoms with E-state index >= 15 is 0 Å². The Hall–Kier alpha value is -1.13. The Morgan fingerprint density at radius 1 is 1.39 bits per heavy atom. The lowest BCUT2D eigenvalue weighted by molar-refractivity contribution is 0.129. The van der Waals surface area contributed by atoms with Gasteiger partial charge in [-0.25, -0.2) is 4.39 Å². The van der Waals surface area contributed by atoms with E-state index in [4.69, 9.17) is 10.5 Å². The zero-order chi connectivity index (χ0) is 13.9. The zero-order valence-electron chi connectivity index (χ0n) is 11.4. The minimum absolute atomic E-state index is 0.129. The molecule has 0 aliphatic rings. The van der Waals surface area contributed by atoms with Gasteiger partial charge in [-0.15, -0.1) is 0 Å². The molecule has 0 amide bonds. The minimum Gasteiger partial charge on any atom is -0.497 e. The highest BCUT2D eigenvalue weighted by Crippen LogP contribution is 2.29. The number of hydrogen-bond acceptors (Lipinski definition) is 3. The Morgan fingerprint density at radius 2 is 2.00 bits per heavy atom. The molecule has 1 rings (SSSR count). The molecule has 18 heavy (non-hydrogen) atoms. The molecule has 3 nitrogen and oxygen atoms in total. The van der Waals surface area contributed by atoms with Gasteiger partial charge in [-0.05, 0) is 30.0 Å². The van der Waals surface area contributed by atoms with Crippen LogP contribution >= 0.6 is 0 Å². The van der Waals surface area contributed by atoms with E-state index < -0.39 is 11.9 Å². The van der Waals surface area contributed by atoms with Gasteiger partial charge >= 0.3 is 0 Å². The molecule has 0 saturated heterocycles. The minimum atomic E-state index is -0.922. The molecule has 1 aromatic carbocycles. The molecule has 0 saturated carbocycles. The maximum absolute atomic E-state index is 13.6. The van der Waals surface area contributed by atoms with E-state index in [9.17, 15) is 9.50 Å². The van der Waals surface area contributed by atoms with Crippen molar-refractivity contribution in [2.24, 2.45) is 11.1 Å². The Labute approximate surface area is 108 Å². The number of aliphatic hydroxyl groups excluding tert-OH is 1. The van der Waals surface area contributed by atoms with E-state index in [1.807, 2.05) is 20.8 Å². The fraction of sp³-hybridized carbons (Fsp3) is 0.571. The molecule has 0 fully saturated rings. The van der Waals surface area contributed by atoms with Crippen LogP contribution in [0, 0.1) is 11.2 Å². The molecular formula is C14H22FNO2. The van der Waals surface area contributed by atoms with Gasteiger partial charge in [-0.3, -0.25) is 0 Å². The van der Waals surface area contributed by atoms with Gasteiger partial charge < -0.3 is 15.6 Å². The molecule has 0 radical (unpaired) electrons. The van der Waals surface area contributed by atoms with Crippen molar-refractivity contribution in [2.45, 2.75) is 39.3 Å². The highest BCUT2D eigenvalue weighted by molar-refractivity contribution is 5.31. The normalized spacial score (nSPS) is 15.3. The summed E-state index contributed by atoms with van der Waals surface area (Å²) >= 11 is 0. The van der Waals surface area contributed by atoms with E-state index in [2.05, 4.69) is 0 Å². The predicted molar refractivity (Wildman–Crippen MR) is 70.0 cm³/mol. The predicted octanol–water partition coefficient (Wildman–Crippen LogP) is 2.63. The first kappa shape index (κ1) is 14.9. The average Bonchev–Trinajstić information content (AvgIpc) is 2.28. The molecule has 1 aromatic rings. The van der Waals surface area contributed by atoms with E-state index in [1.165, 1.54) is 25.3 Å². The number of ether oxygens (including phenoxy) is 1. The van der Waals surface area contributed by atoms with Crippen molar-refractivity contribution >= 4 is 0 Å². The molecule has 2 atom stereocenters. The molecule has 4 heteroatoms. The SMILES string of the molecule is COc1ccc(F)c([C@@H](O)C[C@H](N)C(C)(C)C)c1. The van der Waals surface area contributed by atoms with Crippen molar-refractivity contribution in [3.8, 4) is 5.75 Å². The smallest absolute Gasteiger partial charge is 0.129 e. The van der Waals surface area contributed by atoms with Gasteiger partial charge in [0.2, 0.25) is 0 Å². The van der Waals surface area contributed by atoms with Crippen LogP contribution in [0.4, 0.5) is 4.39 Å². The number of rotatable bonds is 4. The molecule has 0 bridgehead atoms. The summed E-state index contributed by atoms with van der Waals surface area (Å²) in [5.74, 6) is 0.0826. The third kappa shape index (κ3) is 3.68. The molecular weight excluding hydrogens is 233 g/mol. The van der Waals surface area contributed by atoms with Gasteiger partial charge in [0.25, 0.3) is 0 Å². The number of methoxy groups -OCH3 is 1. The van der Waals surface area contributed by atoms with Crippen LogP contribution in [0.5, 0.6) is 5.75 Å². The van der Waals surface area contributed by atoms with Crippen LogP contribution in [0.25, 0.3) is 0 Å². The molecule has 0 aliphatic carbocycles. The maximum atomic E-state index is 13.6. The van der Waals surface area contributed by atoms with E-state index in [1.54, 1.807) is 0 Å². The number of hydrogen-bond donors (Lipinski definition) is 2. The summed E-state index contributed by atoms with van der Waals surface area (Å²) in [6.07, 6.45) is -0.609. The molecule has 0 spiro atoms. The van der Waals surface area contributed by atoms with Crippen LogP contribution in [-0.2, 0) is 0 Å². The van der Waals surface area contributed by atoms with E-state index in [-0.39, 0.29) is 17.0 Å². The van der Waals surface area contributed by atoms with Gasteiger partial charge in [0, 0.05) is 11.6 Å². The van der Waals surface area contributed by atoms with Crippen LogP contribution in [0.3, 0.4) is 0 Å². The summed E-state index contributed by atoms with van der Waals surface area (Å²) in [6, 6.07) is 4.11. The van der Waals surface area contributed by atoms with Gasteiger partial charge in [-0.1, -0.05) is 20.8 Å². The summed E-state index contributed by atoms with van der Waals surface area (Å²) in [6.45, 7) is 5.98. The van der Waals surface area contributed by atoms with Crippen molar-refractivity contribution in [3.05, 3.63) is 29.6 Å². The number of halogens is 1. The van der Waals surface area contributed by atoms with Crippen molar-refractivity contribution in [3.63, 3.8) is 0 Å². The Morgan fingerprint density at radius 3 is 2.50 bits per heavy atom. The molecule has 0 aliphatic heterocycles. The first-order chi connectivity index (χ1) is 8.25. The third-order valence-corrected chi connectivity index (χ3v) is 3.15. The summed E-state index contributed by atoms with van der Waals surface area (Å²) in [5.41, 5.74) is 6.10. The molecule has 0 aromatic heterocycles. The lowest BCUT2D eigenvalue weighted by Gasteiger charge is -2.29. The summed E-state index contributed by atoms with van der Waals surface area (Å²) in [5, 5.41) is 10.1. The van der Waals surface area contributed by atoms with Gasteiger partial charge in [0.15, 0.2) is 0 Å². The highest BCUT2D eigenvalue weighted by atomic mass is 19.1. The van der Waals surface area contributed by atoms with Gasteiger partial charge in [0.1, 0.15) is 11.6 Å². The quantitative estimate of drug-likeness (QED) is 0.869. The van der Waals surface area contributed by atoms with Crippen LogP contribution in [0.1, 0.15) is 38.9 Å². The van der Waals surface area contributed by atoms with Crippen LogP contribution in [0.15, 0.2) is 18.2 Å². The first-order valence-corrected chi connectivity index (χ1v) is 6.02. The fourth-order valence-electron chi connectivity index (χ4n) is 1.63. The second kappa shape index (κ2) is 5.67. The van der Waals surface area contributed by atoms with Gasteiger partial charge in [0.05, 0.1) is 13.2 Å². The Balaban J connectivity index is 2.87. The van der Waals surface area contributed by atoms with E-state index in [0.29, 0.717) is 12.2 Å². The summed E-state index contributed by atoms with van der Waals surface area (Å²) in [7, 11) is 1.50. The lowest BCUT2D eigenvalue weighted by atomic mass is 9.83. The summed E-state index contributed by atoms with van der Waals surface area (Å²) in [4.78, 5) is 0. The number of nitrogens with two attached hydrogens (primary N) is 1. The third-order valence-electron chi connectivity index (χ3n) is 3.15. The summed E-state index contributed by atoms with van der Waals surface area (Å²) < 4.78 is 18.7. The number of benzene rings is 1. The monoisotopic (exact) mass is 255 g/mol. The zero-order valence-corrected chi connectivity index (χ0v) is 11.4. The maximum Gasteiger partial charge on any atom is 0.129 e. The van der Waals surface area contributed by atoms with E-state index in [0.717, 1.165) is 0 Å².